The molecule has 2 aromatic carbocycles. The number of hydrogen-bond acceptors (Lipinski definition) is 1. The third kappa shape index (κ3) is 3.67. The monoisotopic (exact) mass is 300 g/mol. The van der Waals surface area contributed by atoms with Gasteiger partial charge in [0.25, 0.3) is 0 Å². The number of thiocarbonyl (C=S) groups is 1. The van der Waals surface area contributed by atoms with Crippen molar-refractivity contribution < 1.29 is 17.6 Å². The summed E-state index contributed by atoms with van der Waals surface area (Å²) in [5, 5.41) is 5.08. The van der Waals surface area contributed by atoms with Gasteiger partial charge in [0.2, 0.25) is 0 Å². The molecule has 2 aromatic rings. The van der Waals surface area contributed by atoms with Gasteiger partial charge in [0.15, 0.2) is 16.7 Å². The molecule has 20 heavy (non-hydrogen) atoms. The number of halogens is 4. The second-order valence-corrected chi connectivity index (χ2v) is 4.27. The van der Waals surface area contributed by atoms with Crippen molar-refractivity contribution in [1.82, 2.24) is 0 Å². The van der Waals surface area contributed by atoms with Crippen LogP contribution in [0.25, 0.3) is 0 Å². The third-order valence-corrected chi connectivity index (χ3v) is 2.50. The molecular weight excluding hydrogens is 292 g/mol. The number of benzene rings is 2. The summed E-state index contributed by atoms with van der Waals surface area (Å²) in [5.74, 6) is -3.54. The number of anilines is 2. The topological polar surface area (TPSA) is 24.1 Å². The van der Waals surface area contributed by atoms with Gasteiger partial charge in [-0.3, -0.25) is 0 Å². The predicted octanol–water partition coefficient (Wildman–Crippen LogP) is 4.05. The largest absolute Gasteiger partial charge is 0.332 e. The Balaban J connectivity index is 2.06. The Morgan fingerprint density at radius 1 is 0.750 bits per heavy atom. The molecule has 0 spiro atoms. The molecule has 7 heteroatoms. The lowest BCUT2D eigenvalue weighted by atomic mass is 10.3. The van der Waals surface area contributed by atoms with Crippen molar-refractivity contribution in [3.8, 4) is 0 Å². The van der Waals surface area contributed by atoms with Gasteiger partial charge in [0.05, 0.1) is 0 Å². The van der Waals surface area contributed by atoms with E-state index in [-0.39, 0.29) is 16.5 Å². The fourth-order valence-electron chi connectivity index (χ4n) is 1.49. The molecule has 0 fully saturated rings. The van der Waals surface area contributed by atoms with Crippen molar-refractivity contribution >= 4 is 28.7 Å². The fourth-order valence-corrected chi connectivity index (χ4v) is 1.73. The Kier molecular flexibility index (Phi) is 4.19. The molecule has 0 heterocycles. The molecule has 0 bridgehead atoms. The van der Waals surface area contributed by atoms with E-state index in [9.17, 15) is 17.6 Å². The van der Waals surface area contributed by atoms with Gasteiger partial charge in [-0.05, 0) is 36.5 Å². The van der Waals surface area contributed by atoms with Crippen molar-refractivity contribution in [2.45, 2.75) is 0 Å². The minimum Gasteiger partial charge on any atom is -0.332 e. The maximum absolute atomic E-state index is 13.0. The van der Waals surface area contributed by atoms with Crippen molar-refractivity contribution in [1.29, 1.82) is 0 Å². The Bertz CT molecular complexity index is 641. The van der Waals surface area contributed by atoms with Crippen molar-refractivity contribution in [2.75, 3.05) is 10.6 Å². The van der Waals surface area contributed by atoms with Gasteiger partial charge < -0.3 is 10.6 Å². The summed E-state index contributed by atoms with van der Waals surface area (Å²) in [6, 6.07) is 5.93. The Labute approximate surface area is 117 Å². The van der Waals surface area contributed by atoms with E-state index in [1.165, 1.54) is 6.07 Å². The smallest absolute Gasteiger partial charge is 0.175 e. The van der Waals surface area contributed by atoms with Crippen molar-refractivity contribution in [3.05, 3.63) is 59.7 Å². The highest BCUT2D eigenvalue weighted by atomic mass is 32.1. The summed E-state index contributed by atoms with van der Waals surface area (Å²) in [5.41, 5.74) is 0.306. The van der Waals surface area contributed by atoms with Crippen LogP contribution in [0.3, 0.4) is 0 Å². The van der Waals surface area contributed by atoms with E-state index in [2.05, 4.69) is 10.6 Å². The summed E-state index contributed by atoms with van der Waals surface area (Å²) in [6.45, 7) is 0. The van der Waals surface area contributed by atoms with Crippen LogP contribution in [0.2, 0.25) is 0 Å². The summed E-state index contributed by atoms with van der Waals surface area (Å²) < 4.78 is 51.7. The van der Waals surface area contributed by atoms with Crippen LogP contribution in [-0.4, -0.2) is 5.11 Å². The van der Waals surface area contributed by atoms with Gasteiger partial charge in [-0.15, -0.1) is 0 Å². The van der Waals surface area contributed by atoms with Gasteiger partial charge in [-0.25, -0.2) is 17.6 Å². The standard InChI is InChI=1S/C13H8F4N2S/c14-7-3-8(15)5-10(4-7)19-13(20)18-9-1-2-11(16)12(17)6-9/h1-6H,(H2,18,19,20). The minimum atomic E-state index is -1.03. The molecular formula is C13H8F4N2S. The van der Waals surface area contributed by atoms with E-state index in [4.69, 9.17) is 12.2 Å². The van der Waals surface area contributed by atoms with Gasteiger partial charge in [0.1, 0.15) is 11.6 Å². The van der Waals surface area contributed by atoms with Crippen LogP contribution in [0.15, 0.2) is 36.4 Å². The molecule has 104 valence electrons. The van der Waals surface area contributed by atoms with Crippen LogP contribution >= 0.6 is 12.2 Å². The Morgan fingerprint density at radius 2 is 1.35 bits per heavy atom. The molecule has 2 N–H and O–H groups in total. The molecule has 0 aromatic heterocycles. The van der Waals surface area contributed by atoms with E-state index in [0.29, 0.717) is 0 Å². The summed E-state index contributed by atoms with van der Waals surface area (Å²) >= 11 is 4.90. The molecule has 0 amide bonds. The first-order valence-electron chi connectivity index (χ1n) is 5.43. The average Bonchev–Trinajstić information content (AvgIpc) is 2.32. The lowest BCUT2D eigenvalue weighted by Crippen LogP contribution is -2.19. The zero-order valence-corrected chi connectivity index (χ0v) is 10.7. The third-order valence-electron chi connectivity index (χ3n) is 2.30. The molecule has 0 aliphatic carbocycles. The first-order chi connectivity index (χ1) is 9.44. The lowest BCUT2D eigenvalue weighted by Gasteiger charge is -2.11. The maximum atomic E-state index is 13.0. The molecule has 0 aliphatic rings. The molecule has 2 rings (SSSR count). The van der Waals surface area contributed by atoms with Crippen molar-refractivity contribution in [3.63, 3.8) is 0 Å². The van der Waals surface area contributed by atoms with E-state index in [1.807, 2.05) is 0 Å². The second kappa shape index (κ2) is 5.87. The van der Waals surface area contributed by atoms with E-state index in [0.717, 1.165) is 30.3 Å². The Morgan fingerprint density at radius 3 is 1.95 bits per heavy atom. The van der Waals surface area contributed by atoms with Crippen LogP contribution in [0.5, 0.6) is 0 Å². The van der Waals surface area contributed by atoms with Crippen molar-refractivity contribution in [2.24, 2.45) is 0 Å². The molecule has 0 aliphatic heterocycles. The van der Waals surface area contributed by atoms with Gasteiger partial charge in [-0.2, -0.15) is 0 Å². The average molecular weight is 300 g/mol. The second-order valence-electron chi connectivity index (χ2n) is 3.87. The molecule has 0 atom stereocenters. The highest BCUT2D eigenvalue weighted by Crippen LogP contribution is 2.15. The SMILES string of the molecule is Fc1cc(F)cc(NC(=S)Nc2ccc(F)c(F)c2)c1. The quantitative estimate of drug-likeness (QED) is 0.646. The predicted molar refractivity (Wildman–Crippen MR) is 72.6 cm³/mol. The maximum Gasteiger partial charge on any atom is 0.175 e. The van der Waals surface area contributed by atoms with Gasteiger partial charge >= 0.3 is 0 Å². The molecule has 0 saturated carbocycles. The van der Waals surface area contributed by atoms with Gasteiger partial charge in [-0.1, -0.05) is 0 Å². The van der Waals surface area contributed by atoms with Crippen LogP contribution in [-0.2, 0) is 0 Å². The molecule has 0 radical (unpaired) electrons. The lowest BCUT2D eigenvalue weighted by molar-refractivity contribution is 0.509. The number of nitrogens with one attached hydrogen (secondary N) is 2. The normalized spacial score (nSPS) is 10.2. The van der Waals surface area contributed by atoms with Crippen LogP contribution in [0.1, 0.15) is 0 Å². The summed E-state index contributed by atoms with van der Waals surface area (Å²) in [7, 11) is 0. The zero-order chi connectivity index (χ0) is 14.7. The first kappa shape index (κ1) is 14.3. The van der Waals surface area contributed by atoms with Crippen LogP contribution < -0.4 is 10.6 Å². The highest BCUT2D eigenvalue weighted by molar-refractivity contribution is 7.80. The van der Waals surface area contributed by atoms with E-state index in [1.54, 1.807) is 0 Å². The molecule has 0 unspecified atom stereocenters. The Hall–Kier alpha value is -2.15. The number of hydrogen-bond donors (Lipinski definition) is 2. The zero-order valence-electron chi connectivity index (χ0n) is 9.88. The first-order valence-corrected chi connectivity index (χ1v) is 5.84. The number of rotatable bonds is 2. The van der Waals surface area contributed by atoms with E-state index >= 15 is 0 Å². The molecule has 2 nitrogen and oxygen atoms in total. The van der Waals surface area contributed by atoms with Crippen LogP contribution in [0, 0.1) is 23.3 Å². The highest BCUT2D eigenvalue weighted by Gasteiger charge is 2.05. The molecule has 0 saturated heterocycles. The van der Waals surface area contributed by atoms with E-state index < -0.39 is 23.3 Å². The fraction of sp³-hybridized carbons (Fsp3) is 0. The minimum absolute atomic E-state index is 0.0130. The summed E-state index contributed by atoms with van der Waals surface area (Å²) in [4.78, 5) is 0. The van der Waals surface area contributed by atoms with Crippen LogP contribution in [0.4, 0.5) is 28.9 Å². The van der Waals surface area contributed by atoms with Gasteiger partial charge in [0, 0.05) is 23.5 Å². The summed E-state index contributed by atoms with van der Waals surface area (Å²) in [6.07, 6.45) is 0.